The molecule has 17 heavy (non-hydrogen) atoms. The number of aryl methyl sites for hydroxylation is 1. The molecule has 1 aromatic carbocycles. The normalized spacial score (nSPS) is 11.1. The van der Waals surface area contributed by atoms with E-state index in [0.717, 1.165) is 12.0 Å². The molecule has 0 fully saturated rings. The molecule has 0 saturated carbocycles. The number of rotatable bonds is 2. The van der Waals surface area contributed by atoms with Crippen molar-refractivity contribution in [3.05, 3.63) is 23.8 Å². The molecule has 0 aliphatic carbocycles. The smallest absolute Gasteiger partial charge is 0.412 e. The van der Waals surface area contributed by atoms with Crippen molar-refractivity contribution in [1.82, 2.24) is 0 Å². The Hall–Kier alpha value is -1.71. The Morgan fingerprint density at radius 3 is 2.59 bits per heavy atom. The van der Waals surface area contributed by atoms with Crippen molar-refractivity contribution in [2.24, 2.45) is 0 Å². The van der Waals surface area contributed by atoms with Crippen molar-refractivity contribution in [2.75, 3.05) is 11.1 Å². The summed E-state index contributed by atoms with van der Waals surface area (Å²) in [7, 11) is 0. The van der Waals surface area contributed by atoms with Crippen LogP contribution in [0.25, 0.3) is 0 Å². The van der Waals surface area contributed by atoms with Crippen molar-refractivity contribution >= 4 is 17.5 Å². The first-order valence-corrected chi connectivity index (χ1v) is 5.70. The number of nitrogen functional groups attached to an aromatic ring is 1. The molecule has 0 aromatic heterocycles. The van der Waals surface area contributed by atoms with Crippen LogP contribution in [0, 0.1) is 0 Å². The lowest BCUT2D eigenvalue weighted by molar-refractivity contribution is 0.0636. The molecule has 1 amide bonds. The van der Waals surface area contributed by atoms with Crippen LogP contribution >= 0.6 is 0 Å². The predicted molar refractivity (Wildman–Crippen MR) is 70.1 cm³/mol. The fourth-order valence-electron chi connectivity index (χ4n) is 1.43. The Bertz CT molecular complexity index is 408. The Morgan fingerprint density at radius 1 is 1.41 bits per heavy atom. The van der Waals surface area contributed by atoms with E-state index in [-0.39, 0.29) is 0 Å². The summed E-state index contributed by atoms with van der Waals surface area (Å²) in [5.41, 5.74) is 7.55. The molecule has 1 rings (SSSR count). The molecule has 0 spiro atoms. The molecule has 0 aliphatic heterocycles. The topological polar surface area (TPSA) is 64.3 Å². The number of amides is 1. The lowest BCUT2D eigenvalue weighted by Gasteiger charge is -2.20. The monoisotopic (exact) mass is 236 g/mol. The first kappa shape index (κ1) is 13.4. The maximum Gasteiger partial charge on any atom is 0.412 e. The summed E-state index contributed by atoms with van der Waals surface area (Å²) >= 11 is 0. The SMILES string of the molecule is CCc1ccc(N)cc1NC(=O)OC(C)(C)C. The van der Waals surface area contributed by atoms with E-state index >= 15 is 0 Å². The molecule has 0 radical (unpaired) electrons. The second kappa shape index (κ2) is 5.08. The van der Waals surface area contributed by atoms with Gasteiger partial charge in [-0.25, -0.2) is 4.79 Å². The van der Waals surface area contributed by atoms with Crippen molar-refractivity contribution in [3.8, 4) is 0 Å². The number of hydrogen-bond donors (Lipinski definition) is 2. The zero-order valence-corrected chi connectivity index (χ0v) is 10.8. The van der Waals surface area contributed by atoms with Crippen LogP contribution in [0.15, 0.2) is 18.2 Å². The van der Waals surface area contributed by atoms with Gasteiger partial charge in [0.2, 0.25) is 0 Å². The highest BCUT2D eigenvalue weighted by Gasteiger charge is 2.16. The molecule has 0 bridgehead atoms. The minimum absolute atomic E-state index is 0.460. The van der Waals surface area contributed by atoms with E-state index in [1.165, 1.54) is 0 Å². The molecule has 0 aliphatic rings. The highest BCUT2D eigenvalue weighted by atomic mass is 16.6. The molecule has 1 aromatic rings. The van der Waals surface area contributed by atoms with Crippen LogP contribution in [0.3, 0.4) is 0 Å². The van der Waals surface area contributed by atoms with Crippen LogP contribution in [0.1, 0.15) is 33.3 Å². The van der Waals surface area contributed by atoms with E-state index in [2.05, 4.69) is 5.32 Å². The van der Waals surface area contributed by atoms with Gasteiger partial charge in [0.25, 0.3) is 0 Å². The van der Waals surface area contributed by atoms with Crippen LogP contribution in [-0.4, -0.2) is 11.7 Å². The Balaban J connectivity index is 2.80. The average molecular weight is 236 g/mol. The molecule has 0 atom stereocenters. The minimum atomic E-state index is -0.503. The highest BCUT2D eigenvalue weighted by molar-refractivity contribution is 5.86. The fourth-order valence-corrected chi connectivity index (χ4v) is 1.43. The number of ether oxygens (including phenoxy) is 1. The third kappa shape index (κ3) is 4.34. The van der Waals surface area contributed by atoms with Gasteiger partial charge in [-0.3, -0.25) is 5.32 Å². The van der Waals surface area contributed by atoms with Crippen LogP contribution in [0.4, 0.5) is 16.2 Å². The van der Waals surface area contributed by atoms with Crippen LogP contribution in [0.2, 0.25) is 0 Å². The molecule has 0 unspecified atom stereocenters. The number of anilines is 2. The predicted octanol–water partition coefficient (Wildman–Crippen LogP) is 3.18. The van der Waals surface area contributed by atoms with Gasteiger partial charge in [0.05, 0.1) is 0 Å². The molecule has 94 valence electrons. The second-order valence-corrected chi connectivity index (χ2v) is 4.90. The van der Waals surface area contributed by atoms with Crippen molar-refractivity contribution < 1.29 is 9.53 Å². The second-order valence-electron chi connectivity index (χ2n) is 4.90. The zero-order valence-electron chi connectivity index (χ0n) is 10.8. The van der Waals surface area contributed by atoms with Gasteiger partial charge in [-0.1, -0.05) is 13.0 Å². The third-order valence-corrected chi connectivity index (χ3v) is 2.15. The van der Waals surface area contributed by atoms with Crippen LogP contribution in [0.5, 0.6) is 0 Å². The van der Waals surface area contributed by atoms with E-state index in [1.54, 1.807) is 6.07 Å². The maximum absolute atomic E-state index is 11.6. The van der Waals surface area contributed by atoms with E-state index in [0.29, 0.717) is 11.4 Å². The summed E-state index contributed by atoms with van der Waals surface area (Å²) in [6, 6.07) is 5.46. The minimum Gasteiger partial charge on any atom is -0.444 e. The molecular weight excluding hydrogens is 216 g/mol. The van der Waals surface area contributed by atoms with Gasteiger partial charge >= 0.3 is 6.09 Å². The molecule has 0 heterocycles. The lowest BCUT2D eigenvalue weighted by Crippen LogP contribution is -2.27. The largest absolute Gasteiger partial charge is 0.444 e. The highest BCUT2D eigenvalue weighted by Crippen LogP contribution is 2.20. The van der Waals surface area contributed by atoms with Crippen molar-refractivity contribution in [2.45, 2.75) is 39.7 Å². The summed E-state index contributed by atoms with van der Waals surface area (Å²) in [6.07, 6.45) is 0.364. The standard InChI is InChI=1S/C13H20N2O2/c1-5-9-6-7-10(14)8-11(9)15-12(16)17-13(2,3)4/h6-8H,5,14H2,1-4H3,(H,15,16). The van der Waals surface area contributed by atoms with Gasteiger partial charge in [-0.2, -0.15) is 0 Å². The quantitative estimate of drug-likeness (QED) is 0.775. The molecule has 3 N–H and O–H groups in total. The number of carbonyl (C=O) groups excluding carboxylic acids is 1. The fraction of sp³-hybridized carbons (Fsp3) is 0.462. The summed E-state index contributed by atoms with van der Waals surface area (Å²) in [5.74, 6) is 0. The van der Waals surface area contributed by atoms with Gasteiger partial charge in [-0.15, -0.1) is 0 Å². The Morgan fingerprint density at radius 2 is 2.06 bits per heavy atom. The first-order valence-electron chi connectivity index (χ1n) is 5.70. The van der Waals surface area contributed by atoms with Crippen LogP contribution < -0.4 is 11.1 Å². The van der Waals surface area contributed by atoms with E-state index < -0.39 is 11.7 Å². The van der Waals surface area contributed by atoms with Gasteiger partial charge in [0, 0.05) is 11.4 Å². The lowest BCUT2D eigenvalue weighted by atomic mass is 10.1. The van der Waals surface area contributed by atoms with Gasteiger partial charge < -0.3 is 10.5 Å². The Kier molecular flexibility index (Phi) is 3.99. The molecule has 4 heteroatoms. The maximum atomic E-state index is 11.6. The van der Waals surface area contributed by atoms with Crippen molar-refractivity contribution in [3.63, 3.8) is 0 Å². The molecule has 0 saturated heterocycles. The summed E-state index contributed by atoms with van der Waals surface area (Å²) < 4.78 is 5.19. The van der Waals surface area contributed by atoms with E-state index in [4.69, 9.17) is 10.5 Å². The number of benzene rings is 1. The van der Waals surface area contributed by atoms with E-state index in [9.17, 15) is 4.79 Å². The molecule has 4 nitrogen and oxygen atoms in total. The summed E-state index contributed by atoms with van der Waals surface area (Å²) in [4.78, 5) is 11.6. The zero-order chi connectivity index (χ0) is 13.1. The van der Waals surface area contributed by atoms with Crippen molar-refractivity contribution in [1.29, 1.82) is 0 Å². The number of hydrogen-bond acceptors (Lipinski definition) is 3. The number of nitrogens with one attached hydrogen (secondary N) is 1. The third-order valence-electron chi connectivity index (χ3n) is 2.15. The Labute approximate surface area is 102 Å². The van der Waals surface area contributed by atoms with E-state index in [1.807, 2.05) is 39.8 Å². The average Bonchev–Trinajstić information content (AvgIpc) is 2.14. The number of carbonyl (C=O) groups is 1. The van der Waals surface area contributed by atoms with Gasteiger partial charge in [0.1, 0.15) is 5.60 Å². The summed E-state index contributed by atoms with van der Waals surface area (Å²) in [5, 5.41) is 2.72. The number of nitrogens with two attached hydrogens (primary N) is 1. The first-order chi connectivity index (χ1) is 7.81. The molecular formula is C13H20N2O2. The van der Waals surface area contributed by atoms with Gasteiger partial charge in [-0.05, 0) is 44.9 Å². The van der Waals surface area contributed by atoms with Crippen LogP contribution in [-0.2, 0) is 11.2 Å². The van der Waals surface area contributed by atoms with Gasteiger partial charge in [0.15, 0.2) is 0 Å². The summed E-state index contributed by atoms with van der Waals surface area (Å²) in [6.45, 7) is 7.50.